The van der Waals surface area contributed by atoms with Crippen molar-refractivity contribution >= 4 is 0 Å². The van der Waals surface area contributed by atoms with Crippen LogP contribution in [-0.4, -0.2) is 42.3 Å². The minimum atomic E-state index is 0.342. The average molecular weight is 256 g/mol. The summed E-state index contributed by atoms with van der Waals surface area (Å²) in [5, 5.41) is 0. The summed E-state index contributed by atoms with van der Waals surface area (Å²) in [6.45, 7) is 10.8. The average Bonchev–Trinajstić information content (AvgIpc) is 2.74. The highest BCUT2D eigenvalue weighted by molar-refractivity contribution is 4.87. The highest BCUT2D eigenvalue weighted by Gasteiger charge is 2.33. The lowest BCUT2D eigenvalue weighted by molar-refractivity contribution is -0.0140. The molecule has 0 spiro atoms. The Morgan fingerprint density at radius 1 is 1.28 bits per heavy atom. The van der Waals surface area contributed by atoms with E-state index in [4.69, 9.17) is 10.5 Å². The molecular formula is C15H32N2O. The minimum absolute atomic E-state index is 0.342. The summed E-state index contributed by atoms with van der Waals surface area (Å²) >= 11 is 0. The Kier molecular flexibility index (Phi) is 7.20. The Balaban J connectivity index is 2.56. The smallest absolute Gasteiger partial charge is 0.0747 e. The van der Waals surface area contributed by atoms with Gasteiger partial charge in [0.25, 0.3) is 0 Å². The van der Waals surface area contributed by atoms with Gasteiger partial charge < -0.3 is 10.5 Å². The zero-order valence-corrected chi connectivity index (χ0v) is 12.7. The van der Waals surface area contributed by atoms with Gasteiger partial charge >= 0.3 is 0 Å². The molecule has 0 radical (unpaired) electrons. The number of nitrogens with two attached hydrogens (primary N) is 1. The highest BCUT2D eigenvalue weighted by atomic mass is 16.5. The topological polar surface area (TPSA) is 38.5 Å². The molecular weight excluding hydrogens is 224 g/mol. The third kappa shape index (κ3) is 4.52. The zero-order chi connectivity index (χ0) is 13.5. The van der Waals surface area contributed by atoms with Crippen molar-refractivity contribution < 1.29 is 4.74 Å². The monoisotopic (exact) mass is 256 g/mol. The molecule has 0 aromatic rings. The molecule has 3 unspecified atom stereocenters. The number of hydrogen-bond acceptors (Lipinski definition) is 3. The summed E-state index contributed by atoms with van der Waals surface area (Å²) in [7, 11) is 0. The first kappa shape index (κ1) is 15.9. The number of hydrogen-bond donors (Lipinski definition) is 1. The van der Waals surface area contributed by atoms with E-state index in [1.807, 2.05) is 0 Å². The molecule has 0 aromatic carbocycles. The SMILES string of the molecule is CCCCCN(C(C)C)C(CN)C1CCC(C)O1. The lowest BCUT2D eigenvalue weighted by atomic mass is 10.0. The van der Waals surface area contributed by atoms with Crippen molar-refractivity contribution in [3.63, 3.8) is 0 Å². The third-order valence-corrected chi connectivity index (χ3v) is 4.04. The first-order chi connectivity index (χ1) is 8.60. The maximum atomic E-state index is 6.03. The van der Waals surface area contributed by atoms with Crippen LogP contribution < -0.4 is 5.73 Å². The van der Waals surface area contributed by atoms with Gasteiger partial charge in [0.05, 0.1) is 12.2 Å². The van der Waals surface area contributed by atoms with Crippen LogP contribution in [0.3, 0.4) is 0 Å². The van der Waals surface area contributed by atoms with Gasteiger partial charge in [-0.25, -0.2) is 0 Å². The molecule has 1 aliphatic rings. The Hall–Kier alpha value is -0.120. The van der Waals surface area contributed by atoms with Crippen molar-refractivity contribution in [3.8, 4) is 0 Å². The second-order valence-corrected chi connectivity index (χ2v) is 5.90. The molecule has 3 atom stereocenters. The molecule has 2 N–H and O–H groups in total. The van der Waals surface area contributed by atoms with Crippen LogP contribution in [0.5, 0.6) is 0 Å². The van der Waals surface area contributed by atoms with Gasteiger partial charge in [-0.3, -0.25) is 4.90 Å². The molecule has 0 bridgehead atoms. The van der Waals surface area contributed by atoms with E-state index >= 15 is 0 Å². The molecule has 1 aliphatic heterocycles. The molecule has 0 aliphatic carbocycles. The first-order valence-electron chi connectivity index (χ1n) is 7.71. The van der Waals surface area contributed by atoms with Crippen molar-refractivity contribution in [2.24, 2.45) is 5.73 Å². The maximum Gasteiger partial charge on any atom is 0.0747 e. The maximum absolute atomic E-state index is 6.03. The molecule has 18 heavy (non-hydrogen) atoms. The molecule has 108 valence electrons. The second-order valence-electron chi connectivity index (χ2n) is 5.90. The van der Waals surface area contributed by atoms with Crippen LogP contribution in [0.4, 0.5) is 0 Å². The Morgan fingerprint density at radius 3 is 2.44 bits per heavy atom. The van der Waals surface area contributed by atoms with E-state index in [0.29, 0.717) is 30.8 Å². The number of unbranched alkanes of at least 4 members (excludes halogenated alkanes) is 2. The summed E-state index contributed by atoms with van der Waals surface area (Å²) in [6.07, 6.45) is 6.96. The van der Waals surface area contributed by atoms with Crippen molar-refractivity contribution in [2.45, 2.75) is 84.1 Å². The standard InChI is InChI=1S/C15H32N2O/c1-5-6-7-10-17(12(2)3)14(11-16)15-9-8-13(4)18-15/h12-15H,5-11,16H2,1-4H3. The van der Waals surface area contributed by atoms with E-state index < -0.39 is 0 Å². The summed E-state index contributed by atoms with van der Waals surface area (Å²) in [5.74, 6) is 0. The van der Waals surface area contributed by atoms with Gasteiger partial charge in [-0.05, 0) is 46.6 Å². The number of nitrogens with zero attached hydrogens (tertiary/aromatic N) is 1. The van der Waals surface area contributed by atoms with Crippen molar-refractivity contribution in [1.29, 1.82) is 0 Å². The van der Waals surface area contributed by atoms with Crippen LogP contribution in [0.2, 0.25) is 0 Å². The van der Waals surface area contributed by atoms with Gasteiger partial charge in [-0.15, -0.1) is 0 Å². The fourth-order valence-electron chi connectivity index (χ4n) is 2.97. The van der Waals surface area contributed by atoms with Gasteiger partial charge in [0, 0.05) is 18.6 Å². The summed E-state index contributed by atoms with van der Waals surface area (Å²) in [5.41, 5.74) is 6.02. The molecule has 1 heterocycles. The van der Waals surface area contributed by atoms with E-state index in [1.165, 1.54) is 32.1 Å². The van der Waals surface area contributed by atoms with Crippen LogP contribution in [0.1, 0.15) is 59.8 Å². The Bertz CT molecular complexity index is 221. The van der Waals surface area contributed by atoms with Gasteiger partial charge in [0.1, 0.15) is 0 Å². The summed E-state index contributed by atoms with van der Waals surface area (Å²) in [6, 6.07) is 0.946. The van der Waals surface area contributed by atoms with E-state index in [9.17, 15) is 0 Å². The van der Waals surface area contributed by atoms with E-state index in [2.05, 4.69) is 32.6 Å². The molecule has 1 fully saturated rings. The molecule has 3 heteroatoms. The quantitative estimate of drug-likeness (QED) is 0.679. The Labute approximate surface area is 113 Å². The lowest BCUT2D eigenvalue weighted by Gasteiger charge is -2.37. The van der Waals surface area contributed by atoms with E-state index in [-0.39, 0.29) is 0 Å². The number of ether oxygens (including phenoxy) is 1. The highest BCUT2D eigenvalue weighted by Crippen LogP contribution is 2.25. The fraction of sp³-hybridized carbons (Fsp3) is 1.00. The van der Waals surface area contributed by atoms with E-state index in [1.54, 1.807) is 0 Å². The largest absolute Gasteiger partial charge is 0.374 e. The molecule has 0 saturated carbocycles. The summed E-state index contributed by atoms with van der Waals surface area (Å²) < 4.78 is 6.03. The third-order valence-electron chi connectivity index (χ3n) is 4.04. The fourth-order valence-corrected chi connectivity index (χ4v) is 2.97. The lowest BCUT2D eigenvalue weighted by Crippen LogP contribution is -2.51. The van der Waals surface area contributed by atoms with Crippen LogP contribution in [0, 0.1) is 0 Å². The van der Waals surface area contributed by atoms with Crippen molar-refractivity contribution in [2.75, 3.05) is 13.1 Å². The van der Waals surface area contributed by atoms with Gasteiger partial charge in [-0.1, -0.05) is 19.8 Å². The van der Waals surface area contributed by atoms with Crippen LogP contribution in [0.25, 0.3) is 0 Å². The van der Waals surface area contributed by atoms with E-state index in [0.717, 1.165) is 6.54 Å². The molecule has 1 rings (SSSR count). The van der Waals surface area contributed by atoms with Crippen molar-refractivity contribution in [1.82, 2.24) is 4.90 Å². The van der Waals surface area contributed by atoms with Gasteiger partial charge in [0.2, 0.25) is 0 Å². The van der Waals surface area contributed by atoms with Crippen LogP contribution >= 0.6 is 0 Å². The van der Waals surface area contributed by atoms with Crippen LogP contribution in [0.15, 0.2) is 0 Å². The van der Waals surface area contributed by atoms with Gasteiger partial charge in [-0.2, -0.15) is 0 Å². The zero-order valence-electron chi connectivity index (χ0n) is 12.7. The predicted octanol–water partition coefficient (Wildman–Crippen LogP) is 2.78. The predicted molar refractivity (Wildman–Crippen MR) is 77.8 cm³/mol. The normalized spacial score (nSPS) is 26.2. The second kappa shape index (κ2) is 8.13. The summed E-state index contributed by atoms with van der Waals surface area (Å²) in [4.78, 5) is 2.55. The van der Waals surface area contributed by atoms with Crippen LogP contribution in [-0.2, 0) is 4.74 Å². The Morgan fingerprint density at radius 2 is 2.00 bits per heavy atom. The molecule has 0 amide bonds. The molecule has 0 aromatic heterocycles. The minimum Gasteiger partial charge on any atom is -0.374 e. The van der Waals surface area contributed by atoms with Gasteiger partial charge in [0.15, 0.2) is 0 Å². The molecule has 3 nitrogen and oxygen atoms in total. The molecule has 1 saturated heterocycles. The number of rotatable bonds is 8. The first-order valence-corrected chi connectivity index (χ1v) is 7.71. The van der Waals surface area contributed by atoms with Crippen molar-refractivity contribution in [3.05, 3.63) is 0 Å².